The minimum Gasteiger partial charge on any atom is -0.384 e. The molecule has 0 unspecified atom stereocenters. The van der Waals surface area contributed by atoms with E-state index in [1.54, 1.807) is 10.5 Å². The molecule has 19 heavy (non-hydrogen) atoms. The maximum Gasteiger partial charge on any atom is 0.211 e. The predicted molar refractivity (Wildman–Crippen MR) is 79.5 cm³/mol. The largest absolute Gasteiger partial charge is 0.384 e. The van der Waals surface area contributed by atoms with Gasteiger partial charge in [-0.05, 0) is 18.4 Å². The molecule has 0 bridgehead atoms. The van der Waals surface area contributed by atoms with Crippen LogP contribution in [0.2, 0.25) is 0 Å². The van der Waals surface area contributed by atoms with Gasteiger partial charge in [0.2, 0.25) is 10.0 Å². The Labute approximate surface area is 116 Å². The third-order valence-corrected chi connectivity index (χ3v) is 4.60. The molecule has 6 heteroatoms. The quantitative estimate of drug-likeness (QED) is 0.776. The lowest BCUT2D eigenvalue weighted by molar-refractivity contribution is 0.343. The van der Waals surface area contributed by atoms with Crippen LogP contribution < -0.4 is 5.73 Å². The van der Waals surface area contributed by atoms with E-state index >= 15 is 0 Å². The van der Waals surface area contributed by atoms with Gasteiger partial charge in [-0.25, -0.2) is 13.4 Å². The molecule has 5 nitrogen and oxygen atoms in total. The maximum absolute atomic E-state index is 12.0. The number of hydrogen-bond acceptors (Lipinski definition) is 4. The lowest BCUT2D eigenvalue weighted by Gasteiger charge is -2.32. The highest BCUT2D eigenvalue weighted by molar-refractivity contribution is 7.88. The number of unbranched alkanes of at least 4 members (excludes halogenated alkanes) is 1. The lowest BCUT2D eigenvalue weighted by atomic mass is 9.97. The molecule has 0 aromatic rings. The zero-order valence-corrected chi connectivity index (χ0v) is 12.9. The van der Waals surface area contributed by atoms with E-state index in [4.69, 9.17) is 5.73 Å². The summed E-state index contributed by atoms with van der Waals surface area (Å²) in [4.78, 5) is 4.14. The molecule has 1 heterocycles. The normalized spacial score (nSPS) is 20.3. The standard InChI is InChI=1S/C13H25N3O2S/c1-4-6-10-16(19(3,17)18)12-8-9-15-13(14)11(12)7-5-2/h9,12H,4-8,10,14H2,1-3H3/t12-/m1/s1. The van der Waals surface area contributed by atoms with Gasteiger partial charge in [-0.2, -0.15) is 4.31 Å². The summed E-state index contributed by atoms with van der Waals surface area (Å²) in [7, 11) is -3.23. The van der Waals surface area contributed by atoms with Crippen LogP contribution in [-0.4, -0.2) is 37.8 Å². The average molecular weight is 287 g/mol. The van der Waals surface area contributed by atoms with Gasteiger partial charge in [-0.15, -0.1) is 0 Å². The minimum absolute atomic E-state index is 0.154. The Morgan fingerprint density at radius 1 is 1.42 bits per heavy atom. The number of nitrogens with zero attached hydrogens (tertiary/aromatic N) is 2. The second-order valence-corrected chi connectivity index (χ2v) is 6.89. The molecule has 0 aliphatic carbocycles. The summed E-state index contributed by atoms with van der Waals surface area (Å²) in [6, 6.07) is -0.154. The van der Waals surface area contributed by atoms with Crippen molar-refractivity contribution in [2.24, 2.45) is 10.7 Å². The first-order valence-corrected chi connectivity index (χ1v) is 8.74. The van der Waals surface area contributed by atoms with Crippen LogP contribution in [0.4, 0.5) is 0 Å². The van der Waals surface area contributed by atoms with Crippen LogP contribution >= 0.6 is 0 Å². The van der Waals surface area contributed by atoms with Crippen molar-refractivity contribution in [2.75, 3.05) is 12.8 Å². The van der Waals surface area contributed by atoms with Crippen LogP contribution in [0.1, 0.15) is 46.0 Å². The third-order valence-electron chi connectivity index (χ3n) is 3.32. The fourth-order valence-electron chi connectivity index (χ4n) is 2.37. The van der Waals surface area contributed by atoms with Crippen molar-refractivity contribution in [3.8, 4) is 0 Å². The van der Waals surface area contributed by atoms with Crippen LogP contribution in [0.5, 0.6) is 0 Å². The van der Waals surface area contributed by atoms with E-state index in [1.165, 1.54) is 6.26 Å². The van der Waals surface area contributed by atoms with Crippen molar-refractivity contribution >= 4 is 16.2 Å². The molecule has 0 saturated carbocycles. The number of hydrogen-bond donors (Lipinski definition) is 1. The van der Waals surface area contributed by atoms with E-state index in [1.807, 2.05) is 0 Å². The molecule has 0 spiro atoms. The molecule has 0 saturated heterocycles. The van der Waals surface area contributed by atoms with E-state index < -0.39 is 10.0 Å². The van der Waals surface area contributed by atoms with E-state index in [-0.39, 0.29) is 6.04 Å². The summed E-state index contributed by atoms with van der Waals surface area (Å²) < 4.78 is 25.6. The summed E-state index contributed by atoms with van der Waals surface area (Å²) in [5.41, 5.74) is 6.89. The topological polar surface area (TPSA) is 75.8 Å². The number of sulfonamides is 1. The number of rotatable bonds is 7. The third kappa shape index (κ3) is 4.31. The van der Waals surface area contributed by atoms with Gasteiger partial charge in [0, 0.05) is 19.2 Å². The van der Waals surface area contributed by atoms with Gasteiger partial charge >= 0.3 is 0 Å². The van der Waals surface area contributed by atoms with E-state index in [9.17, 15) is 8.42 Å². The molecular weight excluding hydrogens is 262 g/mol. The Morgan fingerprint density at radius 3 is 2.63 bits per heavy atom. The van der Waals surface area contributed by atoms with E-state index in [0.717, 1.165) is 31.3 Å². The second kappa shape index (κ2) is 7.05. The monoisotopic (exact) mass is 287 g/mol. The van der Waals surface area contributed by atoms with Crippen LogP contribution in [0.25, 0.3) is 0 Å². The van der Waals surface area contributed by atoms with Crippen molar-refractivity contribution < 1.29 is 8.42 Å². The Balaban J connectivity index is 3.04. The van der Waals surface area contributed by atoms with Crippen LogP contribution in [-0.2, 0) is 10.0 Å². The summed E-state index contributed by atoms with van der Waals surface area (Å²) >= 11 is 0. The SMILES string of the molecule is CCCCN([C@@H]1CC=NC(N)=C1CCC)S(C)(=O)=O. The molecule has 110 valence electrons. The average Bonchev–Trinajstić information content (AvgIpc) is 2.32. The van der Waals surface area contributed by atoms with Gasteiger partial charge in [-0.1, -0.05) is 26.7 Å². The highest BCUT2D eigenvalue weighted by Gasteiger charge is 2.31. The van der Waals surface area contributed by atoms with Crippen LogP contribution in [0.3, 0.4) is 0 Å². The fraction of sp³-hybridized carbons (Fsp3) is 0.769. The van der Waals surface area contributed by atoms with Gasteiger partial charge in [0.1, 0.15) is 5.82 Å². The molecule has 0 radical (unpaired) electrons. The molecule has 0 amide bonds. The molecule has 1 atom stereocenters. The Hall–Kier alpha value is -0.880. The highest BCUT2D eigenvalue weighted by atomic mass is 32.2. The first kappa shape index (κ1) is 16.2. The van der Waals surface area contributed by atoms with E-state index in [0.29, 0.717) is 18.8 Å². The molecule has 1 rings (SSSR count). The smallest absolute Gasteiger partial charge is 0.211 e. The fourth-order valence-corrected chi connectivity index (χ4v) is 3.51. The zero-order valence-electron chi connectivity index (χ0n) is 12.1. The van der Waals surface area contributed by atoms with Crippen molar-refractivity contribution in [2.45, 2.75) is 52.0 Å². The van der Waals surface area contributed by atoms with Crippen molar-refractivity contribution in [1.29, 1.82) is 0 Å². The molecular formula is C13H25N3O2S. The van der Waals surface area contributed by atoms with Crippen LogP contribution in [0.15, 0.2) is 16.4 Å². The zero-order chi connectivity index (χ0) is 14.5. The van der Waals surface area contributed by atoms with Gasteiger partial charge in [0.25, 0.3) is 0 Å². The van der Waals surface area contributed by atoms with Crippen molar-refractivity contribution in [3.05, 3.63) is 11.4 Å². The van der Waals surface area contributed by atoms with Crippen molar-refractivity contribution in [3.63, 3.8) is 0 Å². The number of aliphatic imine (C=N–C) groups is 1. The predicted octanol–water partition coefficient (Wildman–Crippen LogP) is 1.86. The molecule has 0 fully saturated rings. The van der Waals surface area contributed by atoms with Gasteiger partial charge < -0.3 is 5.73 Å². The van der Waals surface area contributed by atoms with E-state index in [2.05, 4.69) is 18.8 Å². The summed E-state index contributed by atoms with van der Waals surface area (Å²) in [6.07, 6.45) is 7.18. The summed E-state index contributed by atoms with van der Waals surface area (Å²) in [6.45, 7) is 4.67. The van der Waals surface area contributed by atoms with Gasteiger partial charge in [-0.3, -0.25) is 0 Å². The lowest BCUT2D eigenvalue weighted by Crippen LogP contribution is -2.43. The van der Waals surface area contributed by atoms with Crippen LogP contribution in [0, 0.1) is 0 Å². The minimum atomic E-state index is -3.23. The summed E-state index contributed by atoms with van der Waals surface area (Å²) in [5.74, 6) is 0.489. The first-order valence-electron chi connectivity index (χ1n) is 6.89. The van der Waals surface area contributed by atoms with Gasteiger partial charge in [0.15, 0.2) is 0 Å². The van der Waals surface area contributed by atoms with Crippen molar-refractivity contribution in [1.82, 2.24) is 4.31 Å². The highest BCUT2D eigenvalue weighted by Crippen LogP contribution is 2.26. The Bertz CT molecular complexity index is 455. The Morgan fingerprint density at radius 2 is 2.11 bits per heavy atom. The summed E-state index contributed by atoms with van der Waals surface area (Å²) in [5, 5.41) is 0. The Kier molecular flexibility index (Phi) is 6.00. The molecule has 1 aliphatic heterocycles. The second-order valence-electron chi connectivity index (χ2n) is 4.95. The molecule has 0 aromatic heterocycles. The maximum atomic E-state index is 12.0. The van der Waals surface area contributed by atoms with Gasteiger partial charge in [0.05, 0.1) is 12.3 Å². The first-order chi connectivity index (χ1) is 8.91. The number of nitrogens with two attached hydrogens (primary N) is 1. The molecule has 0 aromatic carbocycles. The molecule has 1 aliphatic rings. The molecule has 2 N–H and O–H groups in total.